The third kappa shape index (κ3) is 5.81. The SMILES string of the molecule is O=C(NCCCc1ccccc1)c1ccc(Cl)c(S(=O)(=O)N2CCCCCC2)c1. The smallest absolute Gasteiger partial charge is 0.251 e. The van der Waals surface area contributed by atoms with Crippen molar-refractivity contribution in [2.24, 2.45) is 0 Å². The minimum absolute atomic E-state index is 0.0120. The van der Waals surface area contributed by atoms with Crippen LogP contribution >= 0.6 is 11.6 Å². The summed E-state index contributed by atoms with van der Waals surface area (Å²) in [7, 11) is -3.71. The third-order valence-electron chi connectivity index (χ3n) is 5.15. The fraction of sp³-hybridized carbons (Fsp3) is 0.409. The summed E-state index contributed by atoms with van der Waals surface area (Å²) in [6, 6.07) is 14.5. The molecular formula is C22H27ClN2O3S. The molecule has 1 aliphatic rings. The quantitative estimate of drug-likeness (QED) is 0.662. The van der Waals surface area contributed by atoms with Gasteiger partial charge >= 0.3 is 0 Å². The summed E-state index contributed by atoms with van der Waals surface area (Å²) in [5.41, 5.74) is 1.53. The van der Waals surface area contributed by atoms with E-state index in [2.05, 4.69) is 17.4 Å². The average molecular weight is 435 g/mol. The molecule has 1 saturated heterocycles. The van der Waals surface area contributed by atoms with Crippen molar-refractivity contribution in [3.8, 4) is 0 Å². The molecule has 0 aliphatic carbocycles. The van der Waals surface area contributed by atoms with E-state index >= 15 is 0 Å². The maximum absolute atomic E-state index is 13.1. The Balaban J connectivity index is 1.65. The monoisotopic (exact) mass is 434 g/mol. The van der Waals surface area contributed by atoms with Crippen molar-refractivity contribution in [3.05, 3.63) is 64.7 Å². The second-order valence-corrected chi connectivity index (χ2v) is 9.62. The standard InChI is InChI=1S/C22H27ClN2O3S/c23-20-13-12-19(22(26)24-14-8-11-18-9-4-3-5-10-18)17-21(20)29(27,28)25-15-6-1-2-7-16-25/h3-5,9-10,12-13,17H,1-2,6-8,11,14-16H2,(H,24,26). The summed E-state index contributed by atoms with van der Waals surface area (Å²) < 4.78 is 27.6. The molecule has 0 radical (unpaired) electrons. The minimum Gasteiger partial charge on any atom is -0.352 e. The Morgan fingerprint density at radius 1 is 1.00 bits per heavy atom. The maximum atomic E-state index is 13.1. The van der Waals surface area contributed by atoms with E-state index in [-0.39, 0.29) is 15.8 Å². The first-order valence-electron chi connectivity index (χ1n) is 10.1. The van der Waals surface area contributed by atoms with Gasteiger partial charge in [-0.1, -0.05) is 54.8 Å². The Hall–Kier alpha value is -1.89. The lowest BCUT2D eigenvalue weighted by Crippen LogP contribution is -2.32. The molecule has 0 aromatic heterocycles. The molecular weight excluding hydrogens is 408 g/mol. The number of nitrogens with zero attached hydrogens (tertiary/aromatic N) is 1. The van der Waals surface area contributed by atoms with Gasteiger partial charge in [0.15, 0.2) is 0 Å². The third-order valence-corrected chi connectivity index (χ3v) is 7.53. The van der Waals surface area contributed by atoms with Crippen LogP contribution in [0.3, 0.4) is 0 Å². The number of sulfonamides is 1. The number of carbonyl (C=O) groups excluding carboxylic acids is 1. The molecule has 29 heavy (non-hydrogen) atoms. The first-order chi connectivity index (χ1) is 14.0. The number of nitrogens with one attached hydrogen (secondary N) is 1. The van der Waals surface area contributed by atoms with Crippen LogP contribution in [0.25, 0.3) is 0 Å². The van der Waals surface area contributed by atoms with E-state index in [0.29, 0.717) is 25.2 Å². The number of aryl methyl sites for hydroxylation is 1. The molecule has 1 amide bonds. The van der Waals surface area contributed by atoms with E-state index in [0.717, 1.165) is 38.5 Å². The number of amides is 1. The molecule has 156 valence electrons. The fourth-order valence-electron chi connectivity index (χ4n) is 3.50. The van der Waals surface area contributed by atoms with Gasteiger partial charge in [0.25, 0.3) is 5.91 Å². The van der Waals surface area contributed by atoms with Crippen molar-refractivity contribution < 1.29 is 13.2 Å². The first-order valence-corrected chi connectivity index (χ1v) is 11.9. The highest BCUT2D eigenvalue weighted by Gasteiger charge is 2.28. The van der Waals surface area contributed by atoms with Crippen LogP contribution < -0.4 is 5.32 Å². The second kappa shape index (κ2) is 10.2. The number of hydrogen-bond donors (Lipinski definition) is 1. The van der Waals surface area contributed by atoms with Crippen LogP contribution in [0.4, 0.5) is 0 Å². The summed E-state index contributed by atoms with van der Waals surface area (Å²) in [6.45, 7) is 1.51. The van der Waals surface area contributed by atoms with Crippen LogP contribution in [0.5, 0.6) is 0 Å². The highest BCUT2D eigenvalue weighted by atomic mass is 35.5. The van der Waals surface area contributed by atoms with Crippen molar-refractivity contribution in [3.63, 3.8) is 0 Å². The van der Waals surface area contributed by atoms with Crippen molar-refractivity contribution in [1.82, 2.24) is 9.62 Å². The number of hydrogen-bond acceptors (Lipinski definition) is 3. The summed E-state index contributed by atoms with van der Waals surface area (Å²) in [5.74, 6) is -0.290. The number of carbonyl (C=O) groups is 1. The molecule has 5 nitrogen and oxygen atoms in total. The molecule has 0 unspecified atom stereocenters. The van der Waals surface area contributed by atoms with Crippen molar-refractivity contribution in [2.75, 3.05) is 19.6 Å². The molecule has 2 aromatic rings. The fourth-order valence-corrected chi connectivity index (χ4v) is 5.52. The Morgan fingerprint density at radius 3 is 2.38 bits per heavy atom. The molecule has 0 spiro atoms. The molecule has 7 heteroatoms. The van der Waals surface area contributed by atoms with Crippen molar-refractivity contribution >= 4 is 27.5 Å². The highest BCUT2D eigenvalue weighted by molar-refractivity contribution is 7.89. The zero-order valence-corrected chi connectivity index (χ0v) is 18.0. The van der Waals surface area contributed by atoms with E-state index in [1.807, 2.05) is 18.2 Å². The van der Waals surface area contributed by atoms with E-state index < -0.39 is 10.0 Å². The second-order valence-electron chi connectivity index (χ2n) is 7.31. The number of halogens is 1. The lowest BCUT2D eigenvalue weighted by molar-refractivity contribution is 0.0953. The van der Waals surface area contributed by atoms with Gasteiger partial charge in [0.05, 0.1) is 5.02 Å². The summed E-state index contributed by atoms with van der Waals surface area (Å²) >= 11 is 6.20. The summed E-state index contributed by atoms with van der Waals surface area (Å²) in [5, 5.41) is 3.01. The van der Waals surface area contributed by atoms with Gasteiger partial charge < -0.3 is 5.32 Å². The van der Waals surface area contributed by atoms with Crippen LogP contribution in [0, 0.1) is 0 Å². The van der Waals surface area contributed by atoms with E-state index in [1.165, 1.54) is 22.0 Å². The van der Waals surface area contributed by atoms with Crippen LogP contribution in [0.1, 0.15) is 48.0 Å². The van der Waals surface area contributed by atoms with Gasteiger partial charge in [-0.3, -0.25) is 4.79 Å². The zero-order chi connectivity index (χ0) is 20.7. The molecule has 0 saturated carbocycles. The zero-order valence-electron chi connectivity index (χ0n) is 16.4. The predicted octanol–water partition coefficient (Wildman–Crippen LogP) is 4.27. The van der Waals surface area contributed by atoms with Crippen LogP contribution in [0.15, 0.2) is 53.4 Å². The van der Waals surface area contributed by atoms with Gasteiger partial charge in [-0.25, -0.2) is 8.42 Å². The van der Waals surface area contributed by atoms with Gasteiger partial charge in [0, 0.05) is 25.2 Å². The molecule has 1 fully saturated rings. The molecule has 3 rings (SSSR count). The molecule has 1 heterocycles. The van der Waals surface area contributed by atoms with Crippen molar-refractivity contribution in [1.29, 1.82) is 0 Å². The topological polar surface area (TPSA) is 66.5 Å². The van der Waals surface area contributed by atoms with Crippen LogP contribution in [-0.2, 0) is 16.4 Å². The largest absolute Gasteiger partial charge is 0.352 e. The molecule has 1 N–H and O–H groups in total. The van der Waals surface area contributed by atoms with Crippen LogP contribution in [0.2, 0.25) is 5.02 Å². The Labute approximate surface area is 178 Å². The normalized spacial score (nSPS) is 15.6. The summed E-state index contributed by atoms with van der Waals surface area (Å²) in [6.07, 6.45) is 5.44. The Morgan fingerprint density at radius 2 is 1.69 bits per heavy atom. The van der Waals surface area contributed by atoms with E-state index in [4.69, 9.17) is 11.6 Å². The first kappa shape index (κ1) is 21.8. The van der Waals surface area contributed by atoms with Crippen molar-refractivity contribution in [2.45, 2.75) is 43.4 Å². The lowest BCUT2D eigenvalue weighted by Gasteiger charge is -2.21. The van der Waals surface area contributed by atoms with Gasteiger partial charge in [-0.15, -0.1) is 0 Å². The van der Waals surface area contributed by atoms with Gasteiger partial charge in [0.2, 0.25) is 10.0 Å². The Bertz CT molecular complexity index is 924. The molecule has 0 atom stereocenters. The average Bonchev–Trinajstić information content (AvgIpc) is 3.02. The molecule has 2 aromatic carbocycles. The van der Waals surface area contributed by atoms with Gasteiger partial charge in [-0.05, 0) is 49.4 Å². The van der Waals surface area contributed by atoms with Gasteiger partial charge in [-0.2, -0.15) is 4.31 Å². The molecule has 0 bridgehead atoms. The minimum atomic E-state index is -3.71. The maximum Gasteiger partial charge on any atom is 0.251 e. The van der Waals surface area contributed by atoms with E-state index in [9.17, 15) is 13.2 Å². The lowest BCUT2D eigenvalue weighted by atomic mass is 10.1. The number of benzene rings is 2. The van der Waals surface area contributed by atoms with Gasteiger partial charge in [0.1, 0.15) is 4.90 Å². The number of rotatable bonds is 7. The Kier molecular flexibility index (Phi) is 7.70. The predicted molar refractivity (Wildman–Crippen MR) is 116 cm³/mol. The summed E-state index contributed by atoms with van der Waals surface area (Å²) in [4.78, 5) is 12.5. The van der Waals surface area contributed by atoms with E-state index in [1.54, 1.807) is 6.07 Å². The highest BCUT2D eigenvalue weighted by Crippen LogP contribution is 2.27. The molecule has 1 aliphatic heterocycles. The van der Waals surface area contributed by atoms with Crippen LogP contribution in [-0.4, -0.2) is 38.3 Å².